The lowest BCUT2D eigenvalue weighted by Crippen LogP contribution is -1.99. The Morgan fingerprint density at radius 3 is 2.40 bits per heavy atom. The number of rotatable bonds is 8. The predicted octanol–water partition coefficient (Wildman–Crippen LogP) is 2.68. The van der Waals surface area contributed by atoms with E-state index in [0.717, 1.165) is 12.8 Å². The molecule has 2 atom stereocenters. The zero-order valence-electron chi connectivity index (χ0n) is 9.83. The van der Waals surface area contributed by atoms with Crippen LogP contribution >= 0.6 is 0 Å². The molecule has 1 aliphatic heterocycles. The maximum Gasteiger partial charge on any atom is 0.305 e. The molecule has 0 saturated carbocycles. The summed E-state index contributed by atoms with van der Waals surface area (Å²) in [5, 5.41) is 0. The van der Waals surface area contributed by atoms with Crippen molar-refractivity contribution in [3.05, 3.63) is 0 Å². The first-order valence-corrected chi connectivity index (χ1v) is 5.96. The summed E-state index contributed by atoms with van der Waals surface area (Å²) in [5.41, 5.74) is 0. The van der Waals surface area contributed by atoms with Gasteiger partial charge in [0.1, 0.15) is 0 Å². The lowest BCUT2D eigenvalue weighted by molar-refractivity contribution is -0.140. The van der Waals surface area contributed by atoms with E-state index in [9.17, 15) is 4.79 Å². The SMILES string of the molecule is COC(=O)CCCCCCCC1OC1C. The van der Waals surface area contributed by atoms with Crippen molar-refractivity contribution in [1.82, 2.24) is 0 Å². The maximum absolute atomic E-state index is 10.8. The van der Waals surface area contributed by atoms with Gasteiger partial charge in [0.15, 0.2) is 0 Å². The molecule has 0 spiro atoms. The highest BCUT2D eigenvalue weighted by Crippen LogP contribution is 2.26. The number of epoxide rings is 1. The molecule has 15 heavy (non-hydrogen) atoms. The van der Waals surface area contributed by atoms with Gasteiger partial charge in [0.25, 0.3) is 0 Å². The zero-order valence-corrected chi connectivity index (χ0v) is 9.83. The summed E-state index contributed by atoms with van der Waals surface area (Å²) in [6.07, 6.45) is 8.65. The van der Waals surface area contributed by atoms with Crippen LogP contribution in [-0.4, -0.2) is 25.3 Å². The number of unbranched alkanes of at least 4 members (excludes halogenated alkanes) is 4. The smallest absolute Gasteiger partial charge is 0.305 e. The second-order valence-corrected chi connectivity index (χ2v) is 4.26. The summed E-state index contributed by atoms with van der Waals surface area (Å²) in [5.74, 6) is -0.0878. The molecule has 0 N–H and O–H groups in total. The van der Waals surface area contributed by atoms with Gasteiger partial charge in [0.2, 0.25) is 0 Å². The molecule has 1 heterocycles. The third kappa shape index (κ3) is 5.78. The largest absolute Gasteiger partial charge is 0.469 e. The highest BCUT2D eigenvalue weighted by molar-refractivity contribution is 5.68. The van der Waals surface area contributed by atoms with Crippen molar-refractivity contribution in [3.63, 3.8) is 0 Å². The molecule has 3 heteroatoms. The number of carbonyl (C=O) groups is 1. The fraction of sp³-hybridized carbons (Fsp3) is 0.917. The first-order valence-electron chi connectivity index (χ1n) is 5.96. The topological polar surface area (TPSA) is 38.8 Å². The van der Waals surface area contributed by atoms with Crippen molar-refractivity contribution in [1.29, 1.82) is 0 Å². The molecule has 0 bridgehead atoms. The number of ether oxygens (including phenoxy) is 2. The Hall–Kier alpha value is -0.570. The fourth-order valence-electron chi connectivity index (χ4n) is 1.78. The van der Waals surface area contributed by atoms with Crippen LogP contribution in [0, 0.1) is 0 Å². The second kappa shape index (κ2) is 6.83. The van der Waals surface area contributed by atoms with Gasteiger partial charge in [-0.05, 0) is 19.8 Å². The number of hydrogen-bond acceptors (Lipinski definition) is 3. The molecule has 1 aliphatic rings. The maximum atomic E-state index is 10.8. The van der Waals surface area contributed by atoms with Crippen LogP contribution in [0.5, 0.6) is 0 Å². The predicted molar refractivity (Wildman–Crippen MR) is 58.7 cm³/mol. The van der Waals surface area contributed by atoms with Crippen LogP contribution in [0.2, 0.25) is 0 Å². The van der Waals surface area contributed by atoms with E-state index in [1.807, 2.05) is 0 Å². The molecule has 0 aromatic heterocycles. The Kier molecular flexibility index (Phi) is 5.69. The first kappa shape index (κ1) is 12.5. The van der Waals surface area contributed by atoms with Gasteiger partial charge in [0.05, 0.1) is 19.3 Å². The van der Waals surface area contributed by atoms with Crippen LogP contribution in [0.3, 0.4) is 0 Å². The molecule has 0 aromatic rings. The Morgan fingerprint density at radius 2 is 1.80 bits per heavy atom. The number of hydrogen-bond donors (Lipinski definition) is 0. The first-order chi connectivity index (χ1) is 7.24. The molecular formula is C12H22O3. The van der Waals surface area contributed by atoms with Crippen molar-refractivity contribution >= 4 is 5.97 Å². The summed E-state index contributed by atoms with van der Waals surface area (Å²) in [6.45, 7) is 2.13. The van der Waals surface area contributed by atoms with E-state index in [2.05, 4.69) is 11.7 Å². The van der Waals surface area contributed by atoms with Crippen molar-refractivity contribution < 1.29 is 14.3 Å². The lowest BCUT2D eigenvalue weighted by atomic mass is 10.1. The second-order valence-electron chi connectivity index (χ2n) is 4.26. The van der Waals surface area contributed by atoms with Gasteiger partial charge < -0.3 is 9.47 Å². The highest BCUT2D eigenvalue weighted by Gasteiger charge is 2.32. The van der Waals surface area contributed by atoms with Gasteiger partial charge >= 0.3 is 5.97 Å². The van der Waals surface area contributed by atoms with Gasteiger partial charge in [-0.3, -0.25) is 4.79 Å². The average Bonchev–Trinajstić information content (AvgIpc) is 2.93. The van der Waals surface area contributed by atoms with Gasteiger partial charge in [-0.15, -0.1) is 0 Å². The fourth-order valence-corrected chi connectivity index (χ4v) is 1.78. The molecule has 1 rings (SSSR count). The van der Waals surface area contributed by atoms with Crippen molar-refractivity contribution in [2.24, 2.45) is 0 Å². The van der Waals surface area contributed by atoms with Crippen LogP contribution in [0.4, 0.5) is 0 Å². The van der Waals surface area contributed by atoms with E-state index in [1.54, 1.807) is 0 Å². The standard InChI is InChI=1S/C12H22O3/c1-10-11(15-10)8-6-4-3-5-7-9-12(13)14-2/h10-11H,3-9H2,1-2H3. The Morgan fingerprint density at radius 1 is 1.20 bits per heavy atom. The van der Waals surface area contributed by atoms with Gasteiger partial charge in [0, 0.05) is 6.42 Å². The van der Waals surface area contributed by atoms with E-state index < -0.39 is 0 Å². The number of carbonyl (C=O) groups excluding carboxylic acids is 1. The molecule has 3 nitrogen and oxygen atoms in total. The normalized spacial score (nSPS) is 23.9. The van der Waals surface area contributed by atoms with Crippen LogP contribution in [0.15, 0.2) is 0 Å². The van der Waals surface area contributed by atoms with Crippen LogP contribution in [0.25, 0.3) is 0 Å². The molecule has 0 aromatic carbocycles. The van der Waals surface area contributed by atoms with E-state index in [1.165, 1.54) is 32.8 Å². The summed E-state index contributed by atoms with van der Waals surface area (Å²) >= 11 is 0. The van der Waals surface area contributed by atoms with Gasteiger partial charge in [-0.25, -0.2) is 0 Å². The quantitative estimate of drug-likeness (QED) is 0.354. The number of methoxy groups -OCH3 is 1. The molecule has 88 valence electrons. The summed E-state index contributed by atoms with van der Waals surface area (Å²) in [4.78, 5) is 10.8. The lowest BCUT2D eigenvalue weighted by Gasteiger charge is -2.00. The molecule has 1 saturated heterocycles. The van der Waals surface area contributed by atoms with E-state index in [4.69, 9.17) is 4.74 Å². The minimum Gasteiger partial charge on any atom is -0.469 e. The van der Waals surface area contributed by atoms with E-state index >= 15 is 0 Å². The van der Waals surface area contributed by atoms with Crippen molar-refractivity contribution in [2.45, 2.75) is 64.1 Å². The molecule has 1 fully saturated rings. The molecular weight excluding hydrogens is 192 g/mol. The minimum absolute atomic E-state index is 0.0878. The van der Waals surface area contributed by atoms with Crippen LogP contribution in [-0.2, 0) is 14.3 Å². The highest BCUT2D eigenvalue weighted by atomic mass is 16.6. The van der Waals surface area contributed by atoms with Crippen LogP contribution in [0.1, 0.15) is 51.9 Å². The van der Waals surface area contributed by atoms with Gasteiger partial charge in [-0.2, -0.15) is 0 Å². The Balaban J connectivity index is 1.75. The van der Waals surface area contributed by atoms with Crippen molar-refractivity contribution in [2.75, 3.05) is 7.11 Å². The number of esters is 1. The van der Waals surface area contributed by atoms with Crippen molar-refractivity contribution in [3.8, 4) is 0 Å². The molecule has 2 unspecified atom stereocenters. The zero-order chi connectivity index (χ0) is 11.1. The summed E-state index contributed by atoms with van der Waals surface area (Å²) in [6, 6.07) is 0. The summed E-state index contributed by atoms with van der Waals surface area (Å²) in [7, 11) is 1.44. The average molecular weight is 214 g/mol. The third-order valence-electron chi connectivity index (χ3n) is 2.93. The monoisotopic (exact) mass is 214 g/mol. The Labute approximate surface area is 92.1 Å². The van der Waals surface area contributed by atoms with E-state index in [-0.39, 0.29) is 5.97 Å². The molecule has 0 amide bonds. The summed E-state index contributed by atoms with van der Waals surface area (Å²) < 4.78 is 9.90. The molecule has 0 radical (unpaired) electrons. The Bertz CT molecular complexity index is 191. The van der Waals surface area contributed by atoms with E-state index in [0.29, 0.717) is 18.6 Å². The van der Waals surface area contributed by atoms with Gasteiger partial charge in [-0.1, -0.05) is 25.7 Å². The van der Waals surface area contributed by atoms with Crippen LogP contribution < -0.4 is 0 Å². The molecule has 0 aliphatic carbocycles. The minimum atomic E-state index is -0.0878. The third-order valence-corrected chi connectivity index (χ3v) is 2.93.